The van der Waals surface area contributed by atoms with E-state index in [0.29, 0.717) is 6.07 Å². The van der Waals surface area contributed by atoms with E-state index in [9.17, 15) is 35.9 Å². The van der Waals surface area contributed by atoms with Gasteiger partial charge >= 0.3 is 18.4 Å². The molecule has 2 amide bonds. The Bertz CT molecular complexity index is 1140. The van der Waals surface area contributed by atoms with Gasteiger partial charge in [-0.05, 0) is 29.8 Å². The molecule has 2 aliphatic rings. The van der Waals surface area contributed by atoms with Crippen LogP contribution in [-0.4, -0.2) is 47.0 Å². The average molecular weight is 521 g/mol. The lowest BCUT2D eigenvalue weighted by Gasteiger charge is -2.37. The summed E-state index contributed by atoms with van der Waals surface area (Å²) in [4.78, 5) is 27.8. The van der Waals surface area contributed by atoms with E-state index in [0.717, 1.165) is 18.2 Å². The van der Waals surface area contributed by atoms with E-state index in [4.69, 9.17) is 16.3 Å². The number of hydrogen-bond donors (Lipinski definition) is 0. The molecule has 5 nitrogen and oxygen atoms in total. The van der Waals surface area contributed by atoms with Crippen molar-refractivity contribution in [2.24, 2.45) is 0 Å². The van der Waals surface area contributed by atoms with Crippen molar-refractivity contribution in [3.63, 3.8) is 0 Å². The molecule has 188 valence electrons. The summed E-state index contributed by atoms with van der Waals surface area (Å²) in [7, 11) is 0. The highest BCUT2D eigenvalue weighted by molar-refractivity contribution is 6.33. The Kier molecular flexibility index (Phi) is 6.41. The molecule has 2 saturated heterocycles. The predicted molar refractivity (Wildman–Crippen MR) is 113 cm³/mol. The predicted octanol–water partition coefficient (Wildman–Crippen LogP) is 6.00. The van der Waals surface area contributed by atoms with E-state index in [1.54, 1.807) is 0 Å². The number of rotatable bonds is 3. The van der Waals surface area contributed by atoms with Crippen molar-refractivity contribution in [1.82, 2.24) is 9.80 Å². The molecule has 2 heterocycles. The van der Waals surface area contributed by atoms with Crippen LogP contribution in [-0.2, 0) is 23.6 Å². The van der Waals surface area contributed by atoms with Crippen molar-refractivity contribution in [1.29, 1.82) is 0 Å². The van der Waals surface area contributed by atoms with Gasteiger partial charge in [0.15, 0.2) is 0 Å². The van der Waals surface area contributed by atoms with Gasteiger partial charge in [0, 0.05) is 32.5 Å². The number of carbonyl (C=O) groups excluding carboxylic acids is 2. The Morgan fingerprint density at radius 2 is 1.66 bits per heavy atom. The molecule has 2 aromatic rings. The van der Waals surface area contributed by atoms with Gasteiger partial charge in [-0.1, -0.05) is 29.8 Å². The zero-order valence-electron chi connectivity index (χ0n) is 18.0. The van der Waals surface area contributed by atoms with Crippen LogP contribution in [0.25, 0.3) is 0 Å². The summed E-state index contributed by atoms with van der Waals surface area (Å²) in [6.45, 7) is -0.111. The van der Waals surface area contributed by atoms with Crippen LogP contribution in [0.5, 0.6) is 0 Å². The van der Waals surface area contributed by atoms with Gasteiger partial charge in [-0.2, -0.15) is 26.3 Å². The smallest absolute Gasteiger partial charge is 0.416 e. The molecule has 0 bridgehead atoms. The summed E-state index contributed by atoms with van der Waals surface area (Å²) in [5.41, 5.74) is -3.20. The van der Waals surface area contributed by atoms with Crippen molar-refractivity contribution in [2.45, 2.75) is 37.3 Å². The summed E-state index contributed by atoms with van der Waals surface area (Å²) < 4.78 is 84.5. The lowest BCUT2D eigenvalue weighted by Crippen LogP contribution is -2.48. The first-order chi connectivity index (χ1) is 16.3. The minimum atomic E-state index is -4.64. The van der Waals surface area contributed by atoms with Gasteiger partial charge in [0.2, 0.25) is 0 Å². The quantitative estimate of drug-likeness (QED) is 0.466. The Morgan fingerprint density at radius 3 is 2.29 bits per heavy atom. The SMILES string of the molecule is O=C1OC2(CCN(C(=O)c3cc(C(F)(F)F)ccc3Cl)CC2)CN1Cc1ccccc1C(F)(F)F. The van der Waals surface area contributed by atoms with Crippen molar-refractivity contribution >= 4 is 23.6 Å². The normalized spacial score (nSPS) is 18.2. The zero-order valence-corrected chi connectivity index (χ0v) is 18.8. The lowest BCUT2D eigenvalue weighted by atomic mass is 9.90. The number of hydrogen-bond acceptors (Lipinski definition) is 3. The van der Waals surface area contributed by atoms with Crippen LogP contribution in [0.15, 0.2) is 42.5 Å². The Labute approximate surface area is 201 Å². The molecular formula is C23H19ClF6N2O3. The monoisotopic (exact) mass is 520 g/mol. The van der Waals surface area contributed by atoms with E-state index >= 15 is 0 Å². The van der Waals surface area contributed by atoms with Gasteiger partial charge in [0.05, 0.1) is 28.3 Å². The fraction of sp³-hybridized carbons (Fsp3) is 0.391. The maximum Gasteiger partial charge on any atom is 0.416 e. The Morgan fingerprint density at radius 1 is 1.00 bits per heavy atom. The third kappa shape index (κ3) is 5.19. The van der Waals surface area contributed by atoms with Crippen molar-refractivity contribution in [2.75, 3.05) is 19.6 Å². The fourth-order valence-corrected chi connectivity index (χ4v) is 4.57. The highest BCUT2D eigenvalue weighted by Crippen LogP contribution is 2.38. The van der Waals surface area contributed by atoms with E-state index in [2.05, 4.69) is 0 Å². The molecule has 0 N–H and O–H groups in total. The Balaban J connectivity index is 1.44. The standard InChI is InChI=1S/C23H19ClF6N2O3/c24-18-6-5-15(22(25,26)27)11-16(18)19(33)31-9-7-21(8-10-31)13-32(20(34)35-21)12-14-3-1-2-4-17(14)23(28,29)30/h1-6,11H,7-10,12-13H2. The highest BCUT2D eigenvalue weighted by Gasteiger charge is 2.48. The first-order valence-electron chi connectivity index (χ1n) is 10.6. The minimum Gasteiger partial charge on any atom is -0.441 e. The van der Waals surface area contributed by atoms with Crippen LogP contribution >= 0.6 is 11.6 Å². The maximum absolute atomic E-state index is 13.3. The van der Waals surface area contributed by atoms with E-state index < -0.39 is 41.1 Å². The third-order valence-corrected chi connectivity index (χ3v) is 6.54. The molecule has 0 aliphatic carbocycles. The molecule has 4 rings (SSSR count). The van der Waals surface area contributed by atoms with Crippen LogP contribution < -0.4 is 0 Å². The molecule has 0 saturated carbocycles. The molecule has 0 aromatic heterocycles. The molecule has 12 heteroatoms. The van der Waals surface area contributed by atoms with Crippen LogP contribution in [0.4, 0.5) is 31.1 Å². The maximum atomic E-state index is 13.3. The zero-order chi connectivity index (χ0) is 25.6. The summed E-state index contributed by atoms with van der Waals surface area (Å²) in [6, 6.07) is 7.44. The van der Waals surface area contributed by atoms with Gasteiger partial charge in [-0.25, -0.2) is 4.79 Å². The van der Waals surface area contributed by atoms with Gasteiger partial charge in [0.1, 0.15) is 5.60 Å². The molecule has 2 fully saturated rings. The number of benzene rings is 2. The van der Waals surface area contributed by atoms with Crippen molar-refractivity contribution < 1.29 is 40.7 Å². The molecule has 0 unspecified atom stereocenters. The lowest BCUT2D eigenvalue weighted by molar-refractivity contribution is -0.138. The topological polar surface area (TPSA) is 49.9 Å². The van der Waals surface area contributed by atoms with Crippen molar-refractivity contribution in [3.05, 3.63) is 69.7 Å². The van der Waals surface area contributed by atoms with Gasteiger partial charge in [-0.15, -0.1) is 0 Å². The van der Waals surface area contributed by atoms with Gasteiger partial charge in [0.25, 0.3) is 5.91 Å². The number of nitrogens with zero attached hydrogens (tertiary/aromatic N) is 2. The molecule has 0 atom stereocenters. The highest BCUT2D eigenvalue weighted by atomic mass is 35.5. The second-order valence-electron chi connectivity index (χ2n) is 8.55. The number of carbonyl (C=O) groups is 2. The Hall–Kier alpha value is -2.95. The summed E-state index contributed by atoms with van der Waals surface area (Å²) in [5.74, 6) is -0.684. The van der Waals surface area contributed by atoms with E-state index in [1.165, 1.54) is 28.0 Å². The number of piperidine rings is 1. The second-order valence-corrected chi connectivity index (χ2v) is 8.95. The molecule has 2 aromatic carbocycles. The summed E-state index contributed by atoms with van der Waals surface area (Å²) in [5, 5.41) is -0.120. The van der Waals surface area contributed by atoms with Crippen molar-refractivity contribution in [3.8, 4) is 0 Å². The largest absolute Gasteiger partial charge is 0.441 e. The first-order valence-corrected chi connectivity index (χ1v) is 11.0. The first kappa shape index (κ1) is 25.2. The molecule has 0 radical (unpaired) electrons. The number of ether oxygens (including phenoxy) is 1. The van der Waals surface area contributed by atoms with Gasteiger partial charge in [-0.3, -0.25) is 9.69 Å². The molecular weight excluding hydrogens is 502 g/mol. The summed E-state index contributed by atoms with van der Waals surface area (Å²) in [6.07, 6.45) is -9.62. The third-order valence-electron chi connectivity index (χ3n) is 6.21. The number of likely N-dealkylation sites (tertiary alicyclic amines) is 1. The molecule has 35 heavy (non-hydrogen) atoms. The molecule has 1 spiro atoms. The minimum absolute atomic E-state index is 0.0321. The van der Waals surface area contributed by atoms with Crippen LogP contribution in [0.3, 0.4) is 0 Å². The van der Waals surface area contributed by atoms with Crippen LogP contribution in [0.2, 0.25) is 5.02 Å². The van der Waals surface area contributed by atoms with Gasteiger partial charge < -0.3 is 9.64 Å². The van der Waals surface area contributed by atoms with E-state index in [-0.39, 0.29) is 55.2 Å². The van der Waals surface area contributed by atoms with Crippen LogP contribution in [0.1, 0.15) is 39.9 Å². The molecule has 2 aliphatic heterocycles. The number of halogens is 7. The van der Waals surface area contributed by atoms with Crippen LogP contribution in [0, 0.1) is 0 Å². The fourth-order valence-electron chi connectivity index (χ4n) is 4.37. The number of amides is 2. The number of alkyl halides is 6. The van der Waals surface area contributed by atoms with E-state index in [1.807, 2.05) is 0 Å². The summed E-state index contributed by atoms with van der Waals surface area (Å²) >= 11 is 5.97. The average Bonchev–Trinajstić information content (AvgIpc) is 3.07. The second kappa shape index (κ2) is 8.92.